The maximum absolute atomic E-state index is 12.5. The van der Waals surface area contributed by atoms with Crippen molar-refractivity contribution >= 4 is 17.5 Å². The first kappa shape index (κ1) is 19.5. The smallest absolute Gasteiger partial charge is 0.232 e. The normalized spacial score (nSPS) is 16.4. The van der Waals surface area contributed by atoms with Crippen molar-refractivity contribution in [2.75, 3.05) is 13.2 Å². The van der Waals surface area contributed by atoms with Crippen LogP contribution in [0.4, 0.5) is 0 Å². The summed E-state index contributed by atoms with van der Waals surface area (Å²) < 4.78 is 11.0. The molecule has 1 fully saturated rings. The van der Waals surface area contributed by atoms with Gasteiger partial charge in [0.05, 0.1) is 12.5 Å². The minimum atomic E-state index is -0.0942. The van der Waals surface area contributed by atoms with E-state index in [0.717, 1.165) is 23.3 Å². The second-order valence-corrected chi connectivity index (χ2v) is 7.57. The number of rotatable bonds is 7. The summed E-state index contributed by atoms with van der Waals surface area (Å²) in [6.07, 6.45) is 1.35. The molecule has 29 heavy (non-hydrogen) atoms. The van der Waals surface area contributed by atoms with Gasteiger partial charge in [-0.25, -0.2) is 0 Å². The Bertz CT molecular complexity index is 970. The molecule has 1 aliphatic rings. The fourth-order valence-corrected chi connectivity index (χ4v) is 3.47. The van der Waals surface area contributed by atoms with Crippen LogP contribution in [0.15, 0.2) is 53.1 Å². The first-order valence-corrected chi connectivity index (χ1v) is 10.1. The molecule has 3 aromatic rings. The molecule has 1 saturated heterocycles. The van der Waals surface area contributed by atoms with Gasteiger partial charge in [-0.1, -0.05) is 35.8 Å². The molecule has 1 atom stereocenters. The van der Waals surface area contributed by atoms with E-state index >= 15 is 0 Å². The molecule has 0 bridgehead atoms. The largest absolute Gasteiger partial charge is 0.494 e. The van der Waals surface area contributed by atoms with Crippen molar-refractivity contribution in [3.8, 4) is 17.1 Å². The highest BCUT2D eigenvalue weighted by Gasteiger charge is 2.34. The number of carbonyl (C=O) groups is 1. The lowest BCUT2D eigenvalue weighted by molar-refractivity contribution is -0.128. The van der Waals surface area contributed by atoms with Crippen LogP contribution in [0.1, 0.15) is 37.1 Å². The second-order valence-electron chi connectivity index (χ2n) is 7.13. The van der Waals surface area contributed by atoms with Crippen LogP contribution < -0.4 is 4.74 Å². The van der Waals surface area contributed by atoms with Crippen molar-refractivity contribution < 1.29 is 14.1 Å². The molecular weight excluding hydrogens is 390 g/mol. The van der Waals surface area contributed by atoms with Crippen LogP contribution in [0.3, 0.4) is 0 Å². The molecule has 150 valence electrons. The number of hydrogen-bond acceptors (Lipinski definition) is 5. The van der Waals surface area contributed by atoms with Crippen molar-refractivity contribution in [1.29, 1.82) is 0 Å². The number of halogens is 1. The maximum Gasteiger partial charge on any atom is 0.232 e. The highest BCUT2D eigenvalue weighted by Crippen LogP contribution is 2.30. The number of nitrogens with zero attached hydrogens (tertiary/aromatic N) is 3. The molecule has 1 amide bonds. The third-order valence-corrected chi connectivity index (χ3v) is 5.13. The van der Waals surface area contributed by atoms with Crippen LogP contribution in [-0.2, 0) is 11.3 Å². The molecule has 1 unspecified atom stereocenters. The van der Waals surface area contributed by atoms with E-state index in [1.54, 1.807) is 12.1 Å². The summed E-state index contributed by atoms with van der Waals surface area (Å²) >= 11 is 5.92. The molecule has 0 spiro atoms. The number of hydrogen-bond donors (Lipinski definition) is 0. The van der Waals surface area contributed by atoms with Crippen LogP contribution in [0.5, 0.6) is 5.75 Å². The van der Waals surface area contributed by atoms with Crippen LogP contribution in [-0.4, -0.2) is 34.1 Å². The summed E-state index contributed by atoms with van der Waals surface area (Å²) in [5.74, 6) is 1.84. The maximum atomic E-state index is 12.5. The highest BCUT2D eigenvalue weighted by atomic mass is 35.5. The van der Waals surface area contributed by atoms with Crippen molar-refractivity contribution in [2.45, 2.75) is 32.2 Å². The molecule has 0 N–H and O–H groups in total. The van der Waals surface area contributed by atoms with Crippen LogP contribution in [0.25, 0.3) is 11.4 Å². The Balaban J connectivity index is 1.40. The van der Waals surface area contributed by atoms with E-state index in [1.807, 2.05) is 41.3 Å². The van der Waals surface area contributed by atoms with Crippen LogP contribution in [0.2, 0.25) is 5.02 Å². The summed E-state index contributed by atoms with van der Waals surface area (Å²) in [6, 6.07) is 15.1. The van der Waals surface area contributed by atoms with Crippen molar-refractivity contribution in [3.63, 3.8) is 0 Å². The Morgan fingerprint density at radius 3 is 2.66 bits per heavy atom. The van der Waals surface area contributed by atoms with Crippen LogP contribution in [0, 0.1) is 0 Å². The molecule has 0 aliphatic carbocycles. The molecular formula is C22H22ClN3O3. The van der Waals surface area contributed by atoms with Crippen molar-refractivity contribution in [2.24, 2.45) is 0 Å². The Morgan fingerprint density at radius 1 is 1.17 bits per heavy atom. The zero-order chi connectivity index (χ0) is 20.2. The van der Waals surface area contributed by atoms with Gasteiger partial charge in [-0.2, -0.15) is 4.98 Å². The van der Waals surface area contributed by atoms with Gasteiger partial charge in [0.25, 0.3) is 0 Å². The van der Waals surface area contributed by atoms with E-state index in [0.29, 0.717) is 42.9 Å². The molecule has 1 aromatic heterocycles. The SMILES string of the molecule is CCCOc1ccc(CN2CC(c3nc(-c4ccc(Cl)cc4)no3)CC2=O)cc1. The highest BCUT2D eigenvalue weighted by molar-refractivity contribution is 6.30. The number of ether oxygens (including phenoxy) is 1. The fourth-order valence-electron chi connectivity index (χ4n) is 3.34. The number of likely N-dealkylation sites (tertiary alicyclic amines) is 1. The van der Waals surface area contributed by atoms with Gasteiger partial charge in [0.1, 0.15) is 5.75 Å². The standard InChI is InChI=1S/C22H22ClN3O3/c1-2-11-28-19-9-3-15(4-10-19)13-26-14-17(12-20(26)27)22-24-21(25-29-22)16-5-7-18(23)8-6-16/h3-10,17H,2,11-14H2,1H3. The van der Waals surface area contributed by atoms with Gasteiger partial charge in [-0.05, 0) is 48.4 Å². The second kappa shape index (κ2) is 8.66. The van der Waals surface area contributed by atoms with Crippen LogP contribution >= 0.6 is 11.6 Å². The number of amides is 1. The average Bonchev–Trinajstić information content (AvgIpc) is 3.35. The third-order valence-electron chi connectivity index (χ3n) is 4.88. The van der Waals surface area contributed by atoms with Crippen molar-refractivity contribution in [3.05, 3.63) is 65.0 Å². The molecule has 2 aromatic carbocycles. The molecule has 0 radical (unpaired) electrons. The molecule has 6 nitrogen and oxygen atoms in total. The lowest BCUT2D eigenvalue weighted by Gasteiger charge is -2.16. The Labute approximate surface area is 174 Å². The summed E-state index contributed by atoms with van der Waals surface area (Å²) in [4.78, 5) is 18.8. The zero-order valence-corrected chi connectivity index (χ0v) is 16.9. The first-order valence-electron chi connectivity index (χ1n) is 9.71. The predicted molar refractivity (Wildman–Crippen MR) is 110 cm³/mol. The van der Waals surface area contributed by atoms with E-state index in [9.17, 15) is 4.79 Å². The zero-order valence-electron chi connectivity index (χ0n) is 16.2. The van der Waals surface area contributed by atoms with Gasteiger partial charge in [0, 0.05) is 30.1 Å². The first-order chi connectivity index (χ1) is 14.1. The summed E-state index contributed by atoms with van der Waals surface area (Å²) in [7, 11) is 0. The van der Waals surface area contributed by atoms with E-state index in [1.165, 1.54) is 0 Å². The van der Waals surface area contributed by atoms with E-state index in [4.69, 9.17) is 20.9 Å². The lowest BCUT2D eigenvalue weighted by atomic mass is 10.1. The summed E-state index contributed by atoms with van der Waals surface area (Å²) in [6.45, 7) is 3.90. The molecule has 1 aliphatic heterocycles. The topological polar surface area (TPSA) is 68.5 Å². The number of carbonyl (C=O) groups excluding carboxylic acids is 1. The minimum Gasteiger partial charge on any atom is -0.494 e. The summed E-state index contributed by atoms with van der Waals surface area (Å²) in [5.41, 5.74) is 1.89. The van der Waals surface area contributed by atoms with E-state index in [2.05, 4.69) is 17.1 Å². The minimum absolute atomic E-state index is 0.0903. The van der Waals surface area contributed by atoms with Gasteiger partial charge in [0.2, 0.25) is 17.6 Å². The average molecular weight is 412 g/mol. The van der Waals surface area contributed by atoms with Gasteiger partial charge in [-0.15, -0.1) is 0 Å². The summed E-state index contributed by atoms with van der Waals surface area (Å²) in [5, 5.41) is 4.71. The molecule has 4 rings (SSSR count). The third kappa shape index (κ3) is 4.59. The quantitative estimate of drug-likeness (QED) is 0.563. The number of benzene rings is 2. The van der Waals surface area contributed by atoms with Gasteiger partial charge >= 0.3 is 0 Å². The Hall–Kier alpha value is -2.86. The fraction of sp³-hybridized carbons (Fsp3) is 0.318. The van der Waals surface area contributed by atoms with Gasteiger partial charge in [-0.3, -0.25) is 4.79 Å². The molecule has 2 heterocycles. The Morgan fingerprint density at radius 2 is 1.93 bits per heavy atom. The lowest BCUT2D eigenvalue weighted by Crippen LogP contribution is -2.24. The molecule has 7 heteroatoms. The van der Waals surface area contributed by atoms with Gasteiger partial charge in [0.15, 0.2) is 0 Å². The predicted octanol–water partition coefficient (Wildman–Crippen LogP) is 4.69. The van der Waals surface area contributed by atoms with Crippen molar-refractivity contribution in [1.82, 2.24) is 15.0 Å². The molecule has 0 saturated carbocycles. The Kier molecular flexibility index (Phi) is 5.81. The van der Waals surface area contributed by atoms with E-state index in [-0.39, 0.29) is 11.8 Å². The van der Waals surface area contributed by atoms with Gasteiger partial charge < -0.3 is 14.2 Å². The van der Waals surface area contributed by atoms with E-state index < -0.39 is 0 Å². The monoisotopic (exact) mass is 411 g/mol. The number of aromatic nitrogens is 2.